The van der Waals surface area contributed by atoms with E-state index in [0.29, 0.717) is 78.4 Å². The first-order chi connectivity index (χ1) is 19.2. The van der Waals surface area contributed by atoms with Gasteiger partial charge < -0.3 is 25.8 Å². The van der Waals surface area contributed by atoms with E-state index in [1.54, 1.807) is 17.9 Å². The molecular formula is C31H34FN5O3. The molecule has 0 aliphatic carbocycles. The van der Waals surface area contributed by atoms with E-state index in [0.717, 1.165) is 0 Å². The lowest BCUT2D eigenvalue weighted by Crippen LogP contribution is -2.39. The molecule has 2 aliphatic heterocycles. The van der Waals surface area contributed by atoms with Gasteiger partial charge in [-0.3, -0.25) is 14.4 Å². The van der Waals surface area contributed by atoms with Crippen molar-refractivity contribution in [2.75, 3.05) is 25.0 Å². The summed E-state index contributed by atoms with van der Waals surface area (Å²) in [7, 11) is 0. The van der Waals surface area contributed by atoms with Gasteiger partial charge in [-0.15, -0.1) is 0 Å². The van der Waals surface area contributed by atoms with Crippen molar-refractivity contribution in [1.82, 2.24) is 20.5 Å². The topological polar surface area (TPSA) is 106 Å². The lowest BCUT2D eigenvalue weighted by Gasteiger charge is -2.17. The van der Waals surface area contributed by atoms with E-state index >= 15 is 0 Å². The van der Waals surface area contributed by atoms with E-state index in [2.05, 4.69) is 52.1 Å². The third-order valence-electron chi connectivity index (χ3n) is 7.60. The summed E-state index contributed by atoms with van der Waals surface area (Å²) in [6, 6.07) is 12.3. The highest BCUT2D eigenvalue weighted by atomic mass is 19.1. The molecule has 0 bridgehead atoms. The van der Waals surface area contributed by atoms with Crippen LogP contribution in [0.2, 0.25) is 0 Å². The van der Waals surface area contributed by atoms with Gasteiger partial charge in [-0.25, -0.2) is 4.39 Å². The van der Waals surface area contributed by atoms with Gasteiger partial charge in [0.15, 0.2) is 0 Å². The van der Waals surface area contributed by atoms with Gasteiger partial charge in [-0.2, -0.15) is 0 Å². The molecule has 4 N–H and O–H groups in total. The number of aryl methyl sites for hydroxylation is 2. The van der Waals surface area contributed by atoms with Crippen molar-refractivity contribution in [1.29, 1.82) is 0 Å². The molecule has 3 aromatic rings. The van der Waals surface area contributed by atoms with E-state index in [9.17, 15) is 18.8 Å². The van der Waals surface area contributed by atoms with Gasteiger partial charge in [0.1, 0.15) is 5.82 Å². The minimum Gasteiger partial charge on any atom is -0.358 e. The van der Waals surface area contributed by atoms with E-state index in [1.807, 2.05) is 6.92 Å². The second-order valence-corrected chi connectivity index (χ2v) is 10.6. The van der Waals surface area contributed by atoms with Crippen molar-refractivity contribution >= 4 is 35.1 Å². The van der Waals surface area contributed by atoms with Crippen LogP contribution in [0.1, 0.15) is 56.8 Å². The molecule has 0 spiro atoms. The monoisotopic (exact) mass is 543 g/mol. The number of aromatic nitrogens is 1. The Hall–Kier alpha value is -4.24. The number of benzene rings is 2. The zero-order valence-electron chi connectivity index (χ0n) is 23.0. The fourth-order valence-electron chi connectivity index (χ4n) is 5.36. The number of halogens is 1. The SMILES string of the molecule is Cc1ccc(CNCCC(=O)N2CC[C@H](NC(=O)c3c(C)[nH]c(/C=C4\C(=O)Nc5ccc(F)cc54)c3C)C2)cc1. The van der Waals surface area contributed by atoms with Gasteiger partial charge in [-0.1, -0.05) is 29.8 Å². The van der Waals surface area contributed by atoms with Crippen molar-refractivity contribution in [2.24, 2.45) is 0 Å². The molecule has 1 atom stereocenters. The standard InChI is InChI=1S/C31H34FN5O3/c1-18-4-6-21(7-5-18)16-33-12-10-28(38)37-13-11-23(17-37)35-31(40)29-19(2)27(34-20(29)3)15-25-24-14-22(32)8-9-26(24)36-30(25)39/h4-9,14-15,23,33-34H,10-13,16-17H2,1-3H3,(H,35,40)(H,36,39)/b25-15-/t23-/m0/s1. The predicted molar refractivity (Wildman–Crippen MR) is 153 cm³/mol. The first-order valence-corrected chi connectivity index (χ1v) is 13.6. The van der Waals surface area contributed by atoms with Gasteiger partial charge in [-0.05, 0) is 62.6 Å². The van der Waals surface area contributed by atoms with Crippen molar-refractivity contribution in [3.05, 3.63) is 87.5 Å². The summed E-state index contributed by atoms with van der Waals surface area (Å²) in [6.07, 6.45) is 2.75. The van der Waals surface area contributed by atoms with Gasteiger partial charge >= 0.3 is 0 Å². The zero-order chi connectivity index (χ0) is 28.4. The summed E-state index contributed by atoms with van der Waals surface area (Å²) in [5.74, 6) is -0.901. The Morgan fingerprint density at radius 3 is 2.67 bits per heavy atom. The average molecular weight is 544 g/mol. The number of anilines is 1. The van der Waals surface area contributed by atoms with Gasteiger partial charge in [0.25, 0.3) is 11.8 Å². The number of nitrogens with one attached hydrogen (secondary N) is 4. The maximum absolute atomic E-state index is 13.8. The van der Waals surface area contributed by atoms with E-state index in [1.165, 1.54) is 29.3 Å². The van der Waals surface area contributed by atoms with Crippen LogP contribution in [-0.4, -0.2) is 53.3 Å². The van der Waals surface area contributed by atoms with Crippen LogP contribution in [0, 0.1) is 26.6 Å². The van der Waals surface area contributed by atoms with Crippen molar-refractivity contribution in [3.63, 3.8) is 0 Å². The highest BCUT2D eigenvalue weighted by Crippen LogP contribution is 2.34. The highest BCUT2D eigenvalue weighted by molar-refractivity contribution is 6.34. The summed E-state index contributed by atoms with van der Waals surface area (Å²) in [5, 5.41) is 9.14. The largest absolute Gasteiger partial charge is 0.358 e. The number of rotatable bonds is 8. The number of H-pyrrole nitrogens is 1. The van der Waals surface area contributed by atoms with E-state index in [4.69, 9.17) is 0 Å². The molecule has 1 saturated heterocycles. The molecule has 0 saturated carbocycles. The molecule has 3 heterocycles. The highest BCUT2D eigenvalue weighted by Gasteiger charge is 2.29. The molecular weight excluding hydrogens is 509 g/mol. The van der Waals surface area contributed by atoms with Crippen LogP contribution in [0.3, 0.4) is 0 Å². The minimum atomic E-state index is -0.428. The number of carbonyl (C=O) groups is 3. The second kappa shape index (κ2) is 11.5. The lowest BCUT2D eigenvalue weighted by molar-refractivity contribution is -0.130. The number of nitrogens with zero attached hydrogens (tertiary/aromatic N) is 1. The Bertz CT molecular complexity index is 1490. The van der Waals surface area contributed by atoms with Gasteiger partial charge in [0, 0.05) is 61.3 Å². The van der Waals surface area contributed by atoms with Crippen molar-refractivity contribution < 1.29 is 18.8 Å². The summed E-state index contributed by atoms with van der Waals surface area (Å²) in [5.41, 5.74) is 6.28. The summed E-state index contributed by atoms with van der Waals surface area (Å²) in [4.78, 5) is 43.5. The number of fused-ring (bicyclic) bond motifs is 1. The number of hydrogen-bond donors (Lipinski definition) is 4. The molecule has 8 nitrogen and oxygen atoms in total. The Morgan fingerprint density at radius 1 is 1.12 bits per heavy atom. The van der Waals surface area contributed by atoms with Gasteiger partial charge in [0.2, 0.25) is 5.91 Å². The minimum absolute atomic E-state index is 0.0719. The van der Waals surface area contributed by atoms with Crippen LogP contribution >= 0.6 is 0 Å². The Balaban J connectivity index is 1.16. The molecule has 9 heteroatoms. The summed E-state index contributed by atoms with van der Waals surface area (Å²) >= 11 is 0. The zero-order valence-corrected chi connectivity index (χ0v) is 23.0. The third-order valence-corrected chi connectivity index (χ3v) is 7.60. The van der Waals surface area contributed by atoms with Crippen LogP contribution < -0.4 is 16.0 Å². The third kappa shape index (κ3) is 5.84. The van der Waals surface area contributed by atoms with Gasteiger partial charge in [0.05, 0.1) is 11.1 Å². The molecule has 40 heavy (non-hydrogen) atoms. The van der Waals surface area contributed by atoms with Crippen LogP contribution in [0.5, 0.6) is 0 Å². The molecule has 1 fully saturated rings. The Labute approximate surface area is 233 Å². The molecule has 1 aromatic heterocycles. The molecule has 3 amide bonds. The Kier molecular flexibility index (Phi) is 7.84. The summed E-state index contributed by atoms with van der Waals surface area (Å²) in [6.45, 7) is 8.07. The van der Waals surface area contributed by atoms with Crippen LogP contribution in [0.4, 0.5) is 10.1 Å². The van der Waals surface area contributed by atoms with E-state index < -0.39 is 5.82 Å². The fraction of sp³-hybridized carbons (Fsp3) is 0.323. The molecule has 208 valence electrons. The molecule has 0 unspecified atom stereocenters. The lowest BCUT2D eigenvalue weighted by atomic mass is 10.0. The molecule has 0 radical (unpaired) electrons. The van der Waals surface area contributed by atoms with E-state index in [-0.39, 0.29) is 23.8 Å². The van der Waals surface area contributed by atoms with Crippen LogP contribution in [0.15, 0.2) is 42.5 Å². The smallest absolute Gasteiger partial charge is 0.256 e. The van der Waals surface area contributed by atoms with Crippen molar-refractivity contribution in [2.45, 2.75) is 46.2 Å². The maximum atomic E-state index is 13.8. The normalized spacial score (nSPS) is 17.3. The maximum Gasteiger partial charge on any atom is 0.256 e. The number of hydrogen-bond acceptors (Lipinski definition) is 4. The number of carbonyl (C=O) groups excluding carboxylic acids is 3. The number of likely N-dealkylation sites (tertiary alicyclic amines) is 1. The van der Waals surface area contributed by atoms with Crippen LogP contribution in [-0.2, 0) is 16.1 Å². The predicted octanol–water partition coefficient (Wildman–Crippen LogP) is 4.08. The molecule has 2 aromatic carbocycles. The van der Waals surface area contributed by atoms with Crippen molar-refractivity contribution in [3.8, 4) is 0 Å². The number of amides is 3. The average Bonchev–Trinajstić information content (AvgIpc) is 3.59. The first-order valence-electron chi connectivity index (χ1n) is 13.6. The molecule has 2 aliphatic rings. The van der Waals surface area contributed by atoms with Crippen LogP contribution in [0.25, 0.3) is 11.6 Å². The fourth-order valence-corrected chi connectivity index (χ4v) is 5.36. The quantitative estimate of drug-likeness (QED) is 0.254. The second-order valence-electron chi connectivity index (χ2n) is 10.6. The number of aromatic amines is 1. The summed E-state index contributed by atoms with van der Waals surface area (Å²) < 4.78 is 13.8. The molecule has 5 rings (SSSR count). The Morgan fingerprint density at radius 2 is 1.90 bits per heavy atom. The first kappa shape index (κ1) is 27.3.